The number of anilines is 1. The van der Waals surface area contributed by atoms with Gasteiger partial charge in [-0.3, -0.25) is 4.79 Å². The molecule has 3 nitrogen and oxygen atoms in total. The van der Waals surface area contributed by atoms with E-state index in [0.29, 0.717) is 18.6 Å². The highest BCUT2D eigenvalue weighted by atomic mass is 19.1. The highest BCUT2D eigenvalue weighted by molar-refractivity contribution is 5.98. The van der Waals surface area contributed by atoms with E-state index in [1.165, 1.54) is 12.1 Å². The zero-order valence-corrected chi connectivity index (χ0v) is 9.07. The molecule has 1 saturated heterocycles. The molecular weight excluding hydrogens is 209 g/mol. The van der Waals surface area contributed by atoms with Crippen LogP contribution >= 0.6 is 0 Å². The van der Waals surface area contributed by atoms with E-state index in [0.717, 1.165) is 0 Å². The van der Waals surface area contributed by atoms with Gasteiger partial charge < -0.3 is 10.5 Å². The Bertz CT molecular complexity index is 419. The lowest BCUT2D eigenvalue weighted by Crippen LogP contribution is -2.15. The monoisotopic (exact) mass is 223 g/mol. The second-order valence-corrected chi connectivity index (χ2v) is 4.18. The first-order valence-corrected chi connectivity index (χ1v) is 5.28. The molecule has 16 heavy (non-hydrogen) atoms. The molecule has 0 aromatic heterocycles. The number of benzene rings is 1. The zero-order chi connectivity index (χ0) is 11.7. The Kier molecular flexibility index (Phi) is 2.92. The number of hydrogen-bond acceptors (Lipinski definition) is 3. The lowest BCUT2D eigenvalue weighted by Gasteiger charge is -2.07. The van der Waals surface area contributed by atoms with E-state index in [-0.39, 0.29) is 23.5 Å². The summed E-state index contributed by atoms with van der Waals surface area (Å²) in [5, 5.41) is 0. The number of hydrogen-bond donors (Lipinski definition) is 1. The van der Waals surface area contributed by atoms with Gasteiger partial charge in [-0.2, -0.15) is 0 Å². The molecule has 2 unspecified atom stereocenters. The molecule has 0 radical (unpaired) electrons. The van der Waals surface area contributed by atoms with Crippen molar-refractivity contribution in [3.63, 3.8) is 0 Å². The molecule has 1 aromatic carbocycles. The van der Waals surface area contributed by atoms with E-state index >= 15 is 0 Å². The van der Waals surface area contributed by atoms with Crippen LogP contribution in [0.5, 0.6) is 0 Å². The molecule has 0 saturated carbocycles. The van der Waals surface area contributed by atoms with Crippen molar-refractivity contribution in [2.45, 2.75) is 19.4 Å². The first-order valence-electron chi connectivity index (χ1n) is 5.28. The average Bonchev–Trinajstić information content (AvgIpc) is 2.68. The van der Waals surface area contributed by atoms with Crippen molar-refractivity contribution in [3.05, 3.63) is 29.6 Å². The maximum atomic E-state index is 13.2. The van der Waals surface area contributed by atoms with Gasteiger partial charge in [-0.1, -0.05) is 0 Å². The molecule has 2 atom stereocenters. The lowest BCUT2D eigenvalue weighted by molar-refractivity contribution is 0.0877. The Hall–Kier alpha value is -1.42. The third kappa shape index (κ3) is 2.07. The summed E-state index contributed by atoms with van der Waals surface area (Å²) in [6, 6.07) is 4.17. The fourth-order valence-electron chi connectivity index (χ4n) is 1.92. The summed E-state index contributed by atoms with van der Waals surface area (Å²) in [6.07, 6.45) is 0.803. The van der Waals surface area contributed by atoms with E-state index < -0.39 is 5.82 Å². The van der Waals surface area contributed by atoms with Gasteiger partial charge in [-0.25, -0.2) is 4.39 Å². The van der Waals surface area contributed by atoms with E-state index in [4.69, 9.17) is 10.5 Å². The number of carbonyl (C=O) groups is 1. The SMILES string of the molecule is CC1CC(C(=O)c2ccc(N)c(F)c2)CO1. The Morgan fingerprint density at radius 1 is 1.56 bits per heavy atom. The standard InChI is InChI=1S/C12H14FNO2/c1-7-4-9(6-16-7)12(15)8-2-3-11(14)10(13)5-8/h2-3,5,7,9H,4,6,14H2,1H3. The van der Waals surface area contributed by atoms with Crippen molar-refractivity contribution < 1.29 is 13.9 Å². The van der Waals surface area contributed by atoms with E-state index in [9.17, 15) is 9.18 Å². The first kappa shape index (κ1) is 11.1. The van der Waals surface area contributed by atoms with E-state index in [1.807, 2.05) is 6.92 Å². The van der Waals surface area contributed by atoms with Crippen molar-refractivity contribution in [3.8, 4) is 0 Å². The van der Waals surface area contributed by atoms with Gasteiger partial charge in [-0.15, -0.1) is 0 Å². The minimum atomic E-state index is -0.544. The van der Waals surface area contributed by atoms with Gasteiger partial charge in [0.1, 0.15) is 5.82 Å². The summed E-state index contributed by atoms with van der Waals surface area (Å²) in [6.45, 7) is 2.35. The van der Waals surface area contributed by atoms with Crippen molar-refractivity contribution >= 4 is 11.5 Å². The Balaban J connectivity index is 2.18. The molecule has 4 heteroatoms. The highest BCUT2D eigenvalue weighted by Gasteiger charge is 2.29. The third-order valence-corrected chi connectivity index (χ3v) is 2.85. The molecule has 2 rings (SSSR count). The first-order chi connectivity index (χ1) is 7.58. The molecule has 0 bridgehead atoms. The second kappa shape index (κ2) is 4.22. The van der Waals surface area contributed by atoms with Crippen LogP contribution in [-0.4, -0.2) is 18.5 Å². The van der Waals surface area contributed by atoms with Crippen LogP contribution in [0, 0.1) is 11.7 Å². The van der Waals surface area contributed by atoms with Crippen LogP contribution in [0.1, 0.15) is 23.7 Å². The van der Waals surface area contributed by atoms with Crippen LogP contribution in [-0.2, 0) is 4.74 Å². The number of ketones is 1. The summed E-state index contributed by atoms with van der Waals surface area (Å²) in [4.78, 5) is 12.0. The maximum Gasteiger partial charge on any atom is 0.168 e. The van der Waals surface area contributed by atoms with Crippen LogP contribution in [0.3, 0.4) is 0 Å². The highest BCUT2D eigenvalue weighted by Crippen LogP contribution is 2.24. The predicted octanol–water partition coefficient (Wildman–Crippen LogP) is 2.02. The molecule has 1 aromatic rings. The molecule has 0 aliphatic carbocycles. The molecule has 0 amide bonds. The van der Waals surface area contributed by atoms with Gasteiger partial charge >= 0.3 is 0 Å². The lowest BCUT2D eigenvalue weighted by atomic mass is 9.95. The van der Waals surface area contributed by atoms with Gasteiger partial charge in [-0.05, 0) is 31.5 Å². The van der Waals surface area contributed by atoms with Crippen molar-refractivity contribution in [2.24, 2.45) is 5.92 Å². The molecule has 1 aliphatic rings. The maximum absolute atomic E-state index is 13.2. The Labute approximate surface area is 93.4 Å². The van der Waals surface area contributed by atoms with Crippen LogP contribution in [0.25, 0.3) is 0 Å². The molecule has 1 heterocycles. The molecular formula is C12H14FNO2. The van der Waals surface area contributed by atoms with Gasteiger partial charge in [0.15, 0.2) is 5.78 Å². The van der Waals surface area contributed by atoms with Crippen LogP contribution in [0.15, 0.2) is 18.2 Å². The van der Waals surface area contributed by atoms with Gasteiger partial charge in [0.05, 0.1) is 18.4 Å². The van der Waals surface area contributed by atoms with Crippen molar-refractivity contribution in [1.82, 2.24) is 0 Å². The Morgan fingerprint density at radius 3 is 2.88 bits per heavy atom. The summed E-state index contributed by atoms with van der Waals surface area (Å²) < 4.78 is 18.5. The summed E-state index contributed by atoms with van der Waals surface area (Å²) in [5.41, 5.74) is 5.79. The number of rotatable bonds is 2. The van der Waals surface area contributed by atoms with Crippen LogP contribution in [0.2, 0.25) is 0 Å². The number of nitrogens with two attached hydrogens (primary N) is 1. The number of carbonyl (C=O) groups excluding carboxylic acids is 1. The average molecular weight is 223 g/mol. The molecule has 2 N–H and O–H groups in total. The quantitative estimate of drug-likeness (QED) is 0.616. The summed E-state index contributed by atoms with van der Waals surface area (Å²) in [5.74, 6) is -0.765. The van der Waals surface area contributed by atoms with Gasteiger partial charge in [0, 0.05) is 11.5 Å². The summed E-state index contributed by atoms with van der Waals surface area (Å²) in [7, 11) is 0. The summed E-state index contributed by atoms with van der Waals surface area (Å²) >= 11 is 0. The van der Waals surface area contributed by atoms with Gasteiger partial charge in [0.25, 0.3) is 0 Å². The predicted molar refractivity (Wildman–Crippen MR) is 58.7 cm³/mol. The zero-order valence-electron chi connectivity index (χ0n) is 9.07. The van der Waals surface area contributed by atoms with Crippen LogP contribution < -0.4 is 5.73 Å². The number of halogens is 1. The normalized spacial score (nSPS) is 24.6. The van der Waals surface area contributed by atoms with Crippen molar-refractivity contribution in [2.75, 3.05) is 12.3 Å². The van der Waals surface area contributed by atoms with E-state index in [1.54, 1.807) is 6.07 Å². The Morgan fingerprint density at radius 2 is 2.31 bits per heavy atom. The molecule has 1 fully saturated rings. The smallest absolute Gasteiger partial charge is 0.168 e. The number of nitrogen functional groups attached to an aromatic ring is 1. The fraction of sp³-hybridized carbons (Fsp3) is 0.417. The fourth-order valence-corrected chi connectivity index (χ4v) is 1.92. The third-order valence-electron chi connectivity index (χ3n) is 2.85. The second-order valence-electron chi connectivity index (χ2n) is 4.18. The number of ether oxygens (including phenoxy) is 1. The van der Waals surface area contributed by atoms with E-state index in [2.05, 4.69) is 0 Å². The topological polar surface area (TPSA) is 52.3 Å². The number of Topliss-reactive ketones (excluding diaryl/α,β-unsaturated/α-hetero) is 1. The van der Waals surface area contributed by atoms with Crippen molar-refractivity contribution in [1.29, 1.82) is 0 Å². The molecule has 86 valence electrons. The largest absolute Gasteiger partial charge is 0.396 e. The van der Waals surface area contributed by atoms with Crippen LogP contribution in [0.4, 0.5) is 10.1 Å². The van der Waals surface area contributed by atoms with Gasteiger partial charge in [0.2, 0.25) is 0 Å². The molecule has 0 spiro atoms. The molecule has 1 aliphatic heterocycles. The minimum absolute atomic E-state index is 0.0626. The minimum Gasteiger partial charge on any atom is -0.396 e.